The van der Waals surface area contributed by atoms with E-state index in [0.29, 0.717) is 0 Å². The summed E-state index contributed by atoms with van der Waals surface area (Å²) < 4.78 is 7.17. The number of hydrogen-bond donors (Lipinski definition) is 0. The Labute approximate surface area is 134 Å². The van der Waals surface area contributed by atoms with Crippen LogP contribution >= 0.6 is 0 Å². The highest BCUT2D eigenvalue weighted by Gasteiger charge is 2.49. The van der Waals surface area contributed by atoms with Gasteiger partial charge in [0.05, 0.1) is 12.1 Å². The summed E-state index contributed by atoms with van der Waals surface area (Å²) in [6.45, 7) is 7.23. The first-order chi connectivity index (χ1) is 10.9. The molecule has 3 saturated heterocycles. The SMILES string of the molecule is CC(C)(C)OC(=O)N1C2CC1CN(c1ccc3nncn3n1)C2. The van der Waals surface area contributed by atoms with Crippen molar-refractivity contribution < 1.29 is 9.53 Å². The lowest BCUT2D eigenvalue weighted by atomic mass is 9.88. The molecule has 3 fully saturated rings. The Hall–Kier alpha value is -2.38. The molecule has 5 heterocycles. The highest BCUT2D eigenvalue weighted by atomic mass is 16.6. The number of nitrogens with zero attached hydrogens (tertiary/aromatic N) is 6. The van der Waals surface area contributed by atoms with Gasteiger partial charge in [0.1, 0.15) is 17.7 Å². The molecule has 122 valence electrons. The molecule has 5 rings (SSSR count). The number of hydrogen-bond acceptors (Lipinski definition) is 6. The summed E-state index contributed by atoms with van der Waals surface area (Å²) in [5.74, 6) is 0.885. The topological polar surface area (TPSA) is 75.9 Å². The van der Waals surface area contributed by atoms with Crippen LogP contribution < -0.4 is 4.90 Å². The van der Waals surface area contributed by atoms with Crippen LogP contribution in [0.25, 0.3) is 5.65 Å². The van der Waals surface area contributed by atoms with Gasteiger partial charge in [-0.1, -0.05) is 0 Å². The molecule has 2 aromatic heterocycles. The smallest absolute Gasteiger partial charge is 0.410 e. The average Bonchev–Trinajstić information content (AvgIpc) is 2.92. The predicted molar refractivity (Wildman–Crippen MR) is 83.3 cm³/mol. The van der Waals surface area contributed by atoms with Crippen LogP contribution in [0.1, 0.15) is 27.2 Å². The fourth-order valence-electron chi connectivity index (χ4n) is 3.30. The van der Waals surface area contributed by atoms with Gasteiger partial charge in [-0.15, -0.1) is 15.3 Å². The number of anilines is 1. The molecular formula is C15H20N6O2. The molecule has 0 saturated carbocycles. The Morgan fingerprint density at radius 3 is 2.70 bits per heavy atom. The Morgan fingerprint density at radius 1 is 1.26 bits per heavy atom. The molecular weight excluding hydrogens is 296 g/mol. The zero-order valence-corrected chi connectivity index (χ0v) is 13.5. The Balaban J connectivity index is 1.47. The van der Waals surface area contributed by atoms with Crippen molar-refractivity contribution in [3.8, 4) is 0 Å². The molecule has 2 bridgehead atoms. The molecule has 3 aliphatic rings. The normalized spacial score (nSPS) is 23.8. The number of piperazine rings is 1. The Bertz CT molecular complexity index is 740. The van der Waals surface area contributed by atoms with E-state index in [1.165, 1.54) is 0 Å². The van der Waals surface area contributed by atoms with E-state index in [1.807, 2.05) is 37.8 Å². The van der Waals surface area contributed by atoms with Gasteiger partial charge in [0, 0.05) is 13.1 Å². The molecule has 0 radical (unpaired) electrons. The monoisotopic (exact) mass is 316 g/mol. The number of aromatic nitrogens is 4. The van der Waals surface area contributed by atoms with Crippen LogP contribution in [-0.4, -0.2) is 61.6 Å². The summed E-state index contributed by atoms with van der Waals surface area (Å²) in [6.07, 6.45) is 2.42. The van der Waals surface area contributed by atoms with Crippen molar-refractivity contribution in [2.24, 2.45) is 0 Å². The summed E-state index contributed by atoms with van der Waals surface area (Å²) in [4.78, 5) is 16.4. The van der Waals surface area contributed by atoms with Crippen molar-refractivity contribution in [2.75, 3.05) is 18.0 Å². The molecule has 3 aliphatic heterocycles. The molecule has 0 N–H and O–H groups in total. The molecule has 2 unspecified atom stereocenters. The number of carbonyl (C=O) groups excluding carboxylic acids is 1. The molecule has 0 aliphatic carbocycles. The molecule has 1 amide bonds. The van der Waals surface area contributed by atoms with Gasteiger partial charge in [-0.05, 0) is 39.3 Å². The third-order valence-corrected chi connectivity index (χ3v) is 4.27. The number of fused-ring (bicyclic) bond motifs is 3. The van der Waals surface area contributed by atoms with Crippen molar-refractivity contribution in [1.29, 1.82) is 0 Å². The first-order valence-electron chi connectivity index (χ1n) is 7.84. The maximum absolute atomic E-state index is 12.3. The maximum atomic E-state index is 12.3. The number of rotatable bonds is 1. The van der Waals surface area contributed by atoms with E-state index in [-0.39, 0.29) is 18.2 Å². The van der Waals surface area contributed by atoms with Crippen molar-refractivity contribution >= 4 is 17.6 Å². The van der Waals surface area contributed by atoms with Crippen molar-refractivity contribution in [1.82, 2.24) is 24.7 Å². The Morgan fingerprint density at radius 2 is 2.00 bits per heavy atom. The van der Waals surface area contributed by atoms with Crippen LogP contribution in [0.15, 0.2) is 18.5 Å². The zero-order valence-electron chi connectivity index (χ0n) is 13.5. The van der Waals surface area contributed by atoms with Crippen molar-refractivity contribution in [3.05, 3.63) is 18.5 Å². The largest absolute Gasteiger partial charge is 0.444 e. The summed E-state index contributed by atoms with van der Waals surface area (Å²) in [5.41, 5.74) is 0.271. The van der Waals surface area contributed by atoms with E-state index in [4.69, 9.17) is 4.74 Å². The van der Waals surface area contributed by atoms with E-state index in [1.54, 1.807) is 10.8 Å². The second-order valence-electron chi connectivity index (χ2n) is 7.16. The molecule has 0 aromatic carbocycles. The summed E-state index contributed by atoms with van der Waals surface area (Å²) in [7, 11) is 0. The van der Waals surface area contributed by atoms with Crippen LogP contribution in [0.2, 0.25) is 0 Å². The number of amides is 1. The van der Waals surface area contributed by atoms with Gasteiger partial charge in [-0.2, -0.15) is 4.52 Å². The summed E-state index contributed by atoms with van der Waals surface area (Å²) >= 11 is 0. The highest BCUT2D eigenvalue weighted by molar-refractivity contribution is 5.71. The fraction of sp³-hybridized carbons (Fsp3) is 0.600. The van der Waals surface area contributed by atoms with Gasteiger partial charge in [-0.25, -0.2) is 4.79 Å². The van der Waals surface area contributed by atoms with Crippen LogP contribution in [0.4, 0.5) is 10.6 Å². The first-order valence-corrected chi connectivity index (χ1v) is 7.84. The average molecular weight is 316 g/mol. The quantitative estimate of drug-likeness (QED) is 0.790. The minimum atomic E-state index is -0.457. The van der Waals surface area contributed by atoms with Crippen molar-refractivity contribution in [2.45, 2.75) is 44.9 Å². The van der Waals surface area contributed by atoms with Gasteiger partial charge in [-0.3, -0.25) is 4.90 Å². The van der Waals surface area contributed by atoms with Gasteiger partial charge in [0.2, 0.25) is 0 Å². The number of piperidine rings is 1. The van der Waals surface area contributed by atoms with Gasteiger partial charge in [0.25, 0.3) is 0 Å². The van der Waals surface area contributed by atoms with E-state index < -0.39 is 5.60 Å². The first kappa shape index (κ1) is 14.2. The third-order valence-electron chi connectivity index (χ3n) is 4.27. The van der Waals surface area contributed by atoms with Crippen LogP contribution in [-0.2, 0) is 4.74 Å². The predicted octanol–water partition coefficient (Wildman–Crippen LogP) is 1.32. The number of ether oxygens (including phenoxy) is 1. The standard InChI is InChI=1S/C15H20N6O2/c1-15(2,3)23-14(22)21-10-6-11(21)8-19(7-10)13-5-4-12-17-16-9-20(12)18-13/h4-5,9-11H,6-8H2,1-3H3. The molecule has 8 nitrogen and oxygen atoms in total. The minimum Gasteiger partial charge on any atom is -0.444 e. The van der Waals surface area contributed by atoms with Gasteiger partial charge in [0.15, 0.2) is 5.65 Å². The molecule has 8 heteroatoms. The Kier molecular flexibility index (Phi) is 2.97. The molecule has 23 heavy (non-hydrogen) atoms. The number of carbonyl (C=O) groups is 1. The molecule has 2 aromatic rings. The van der Waals surface area contributed by atoms with Crippen LogP contribution in [0.3, 0.4) is 0 Å². The lowest BCUT2D eigenvalue weighted by Gasteiger charge is -2.55. The van der Waals surface area contributed by atoms with Gasteiger partial charge < -0.3 is 9.64 Å². The summed E-state index contributed by atoms with van der Waals surface area (Å²) in [5, 5.41) is 12.3. The van der Waals surface area contributed by atoms with Crippen molar-refractivity contribution in [3.63, 3.8) is 0 Å². The van der Waals surface area contributed by atoms with Crippen LogP contribution in [0.5, 0.6) is 0 Å². The van der Waals surface area contributed by atoms with Gasteiger partial charge >= 0.3 is 6.09 Å². The molecule has 2 atom stereocenters. The maximum Gasteiger partial charge on any atom is 0.410 e. The second-order valence-corrected chi connectivity index (χ2v) is 7.16. The lowest BCUT2D eigenvalue weighted by Crippen LogP contribution is -2.70. The van der Waals surface area contributed by atoms with E-state index in [0.717, 1.165) is 31.0 Å². The third kappa shape index (κ3) is 2.47. The highest BCUT2D eigenvalue weighted by Crippen LogP contribution is 2.35. The lowest BCUT2D eigenvalue weighted by molar-refractivity contribution is -0.0380. The molecule has 0 spiro atoms. The van der Waals surface area contributed by atoms with E-state index >= 15 is 0 Å². The van der Waals surface area contributed by atoms with E-state index in [2.05, 4.69) is 20.2 Å². The summed E-state index contributed by atoms with van der Waals surface area (Å²) in [6, 6.07) is 4.25. The second kappa shape index (κ2) is 4.81. The fourth-order valence-corrected chi connectivity index (χ4v) is 3.30. The zero-order chi connectivity index (χ0) is 16.2. The van der Waals surface area contributed by atoms with Crippen LogP contribution in [0, 0.1) is 0 Å². The minimum absolute atomic E-state index is 0.196. The van der Waals surface area contributed by atoms with E-state index in [9.17, 15) is 4.79 Å².